The van der Waals surface area contributed by atoms with E-state index in [1.54, 1.807) is 0 Å². The van der Waals surface area contributed by atoms with Crippen LogP contribution in [0, 0.1) is 17.8 Å². The van der Waals surface area contributed by atoms with Crippen molar-refractivity contribution in [2.24, 2.45) is 17.8 Å². The molecule has 13 heavy (non-hydrogen) atoms. The molecule has 0 aromatic rings. The van der Waals surface area contributed by atoms with Crippen molar-refractivity contribution >= 4 is 5.78 Å². The Morgan fingerprint density at radius 3 is 2.62 bits per heavy atom. The summed E-state index contributed by atoms with van der Waals surface area (Å²) in [6.07, 6.45) is 5.88. The van der Waals surface area contributed by atoms with E-state index in [9.17, 15) is 4.79 Å². The Labute approximate surface area is 81.9 Å². The van der Waals surface area contributed by atoms with Crippen LogP contribution in [-0.4, -0.2) is 5.78 Å². The van der Waals surface area contributed by atoms with Crippen LogP contribution in [0.3, 0.4) is 0 Å². The number of hydrogen-bond acceptors (Lipinski definition) is 1. The normalized spacial score (nSPS) is 28.8. The van der Waals surface area contributed by atoms with Crippen molar-refractivity contribution < 1.29 is 4.79 Å². The maximum Gasteiger partial charge on any atom is 0.135 e. The summed E-state index contributed by atoms with van der Waals surface area (Å²) in [5.41, 5.74) is 0. The molecule has 1 fully saturated rings. The number of rotatable bonds is 4. The molecule has 0 aliphatic heterocycles. The number of carbonyl (C=O) groups is 1. The quantitative estimate of drug-likeness (QED) is 0.651. The molecule has 0 spiro atoms. The van der Waals surface area contributed by atoms with Gasteiger partial charge in [-0.1, -0.05) is 33.6 Å². The second kappa shape index (κ2) is 4.78. The largest absolute Gasteiger partial charge is 0.299 e. The summed E-state index contributed by atoms with van der Waals surface area (Å²) < 4.78 is 0. The predicted octanol–water partition coefficient (Wildman–Crippen LogP) is 3.43. The highest BCUT2D eigenvalue weighted by molar-refractivity contribution is 5.82. The lowest BCUT2D eigenvalue weighted by Gasteiger charge is -2.14. The maximum absolute atomic E-state index is 11.3. The molecular formula is C12H22O. The minimum Gasteiger partial charge on any atom is -0.299 e. The lowest BCUT2D eigenvalue weighted by molar-refractivity contribution is -0.120. The molecule has 0 saturated heterocycles. The lowest BCUT2D eigenvalue weighted by atomic mass is 9.91. The molecule has 0 radical (unpaired) electrons. The van der Waals surface area contributed by atoms with E-state index in [-0.39, 0.29) is 0 Å². The topological polar surface area (TPSA) is 17.1 Å². The monoisotopic (exact) mass is 182 g/mol. The first-order valence-corrected chi connectivity index (χ1v) is 5.64. The molecule has 1 aliphatic carbocycles. The van der Waals surface area contributed by atoms with Crippen molar-refractivity contribution in [1.82, 2.24) is 0 Å². The fourth-order valence-electron chi connectivity index (χ4n) is 2.25. The van der Waals surface area contributed by atoms with Gasteiger partial charge in [0.15, 0.2) is 0 Å². The zero-order valence-corrected chi connectivity index (χ0v) is 9.18. The summed E-state index contributed by atoms with van der Waals surface area (Å²) in [5, 5.41) is 0. The van der Waals surface area contributed by atoms with Crippen LogP contribution in [0.5, 0.6) is 0 Å². The lowest BCUT2D eigenvalue weighted by Crippen LogP contribution is -2.10. The maximum atomic E-state index is 11.3. The summed E-state index contributed by atoms with van der Waals surface area (Å²) in [6.45, 7) is 6.64. The van der Waals surface area contributed by atoms with Gasteiger partial charge in [0.05, 0.1) is 0 Å². The van der Waals surface area contributed by atoms with Gasteiger partial charge >= 0.3 is 0 Å². The Morgan fingerprint density at radius 2 is 2.15 bits per heavy atom. The fraction of sp³-hybridized carbons (Fsp3) is 0.917. The van der Waals surface area contributed by atoms with E-state index in [1.807, 2.05) is 0 Å². The van der Waals surface area contributed by atoms with Crippen LogP contribution in [0.25, 0.3) is 0 Å². The fourth-order valence-corrected chi connectivity index (χ4v) is 2.25. The molecule has 1 rings (SSSR count). The molecule has 0 heterocycles. The van der Waals surface area contributed by atoms with Crippen LogP contribution in [0.1, 0.15) is 52.9 Å². The molecule has 0 aromatic carbocycles. The average Bonchev–Trinajstić information content (AvgIpc) is 2.35. The second-order valence-electron chi connectivity index (χ2n) is 4.88. The van der Waals surface area contributed by atoms with Crippen molar-refractivity contribution in [1.29, 1.82) is 0 Å². The van der Waals surface area contributed by atoms with Crippen LogP contribution in [0.2, 0.25) is 0 Å². The third-order valence-corrected chi connectivity index (χ3v) is 3.33. The van der Waals surface area contributed by atoms with Crippen LogP contribution in [0.4, 0.5) is 0 Å². The van der Waals surface area contributed by atoms with Gasteiger partial charge in [-0.15, -0.1) is 0 Å². The van der Waals surface area contributed by atoms with E-state index in [1.165, 1.54) is 19.3 Å². The first-order chi connectivity index (χ1) is 6.11. The van der Waals surface area contributed by atoms with E-state index in [0.29, 0.717) is 17.6 Å². The van der Waals surface area contributed by atoms with E-state index in [4.69, 9.17) is 0 Å². The van der Waals surface area contributed by atoms with Crippen LogP contribution in [-0.2, 0) is 4.79 Å². The van der Waals surface area contributed by atoms with Crippen molar-refractivity contribution in [3.63, 3.8) is 0 Å². The Kier molecular flexibility index (Phi) is 3.95. The Hall–Kier alpha value is -0.330. The predicted molar refractivity (Wildman–Crippen MR) is 55.6 cm³/mol. The van der Waals surface area contributed by atoms with Crippen LogP contribution >= 0.6 is 0 Å². The highest BCUT2D eigenvalue weighted by Crippen LogP contribution is 2.32. The standard InChI is InChI=1S/C12H22O/c1-9(2)5-4-6-11-7-8-12(13)10(11)3/h9-11H,4-8H2,1-3H3. The SMILES string of the molecule is CC(C)CCCC1CCC(=O)C1C. The van der Waals surface area contributed by atoms with E-state index >= 15 is 0 Å². The van der Waals surface area contributed by atoms with E-state index in [2.05, 4.69) is 20.8 Å². The van der Waals surface area contributed by atoms with Crippen LogP contribution in [0.15, 0.2) is 0 Å². The van der Waals surface area contributed by atoms with Crippen molar-refractivity contribution in [2.45, 2.75) is 52.9 Å². The molecule has 1 saturated carbocycles. The number of Topliss-reactive ketones (excluding diaryl/α,β-unsaturated/α-hetero) is 1. The third kappa shape index (κ3) is 3.13. The molecule has 2 atom stereocenters. The zero-order valence-electron chi connectivity index (χ0n) is 9.18. The van der Waals surface area contributed by atoms with Gasteiger partial charge in [-0.05, 0) is 24.7 Å². The summed E-state index contributed by atoms with van der Waals surface area (Å²) in [6, 6.07) is 0. The number of carbonyl (C=O) groups excluding carboxylic acids is 1. The number of hydrogen-bond donors (Lipinski definition) is 0. The van der Waals surface area contributed by atoms with Gasteiger partial charge in [-0.3, -0.25) is 4.79 Å². The molecule has 0 N–H and O–H groups in total. The second-order valence-corrected chi connectivity index (χ2v) is 4.88. The number of ketones is 1. The zero-order chi connectivity index (χ0) is 9.84. The molecule has 1 aliphatic rings. The van der Waals surface area contributed by atoms with Gasteiger partial charge in [0.1, 0.15) is 5.78 Å². The van der Waals surface area contributed by atoms with Crippen molar-refractivity contribution in [3.05, 3.63) is 0 Å². The van der Waals surface area contributed by atoms with Gasteiger partial charge in [-0.2, -0.15) is 0 Å². The van der Waals surface area contributed by atoms with Crippen molar-refractivity contribution in [2.75, 3.05) is 0 Å². The van der Waals surface area contributed by atoms with Gasteiger partial charge < -0.3 is 0 Å². The van der Waals surface area contributed by atoms with Gasteiger partial charge in [-0.25, -0.2) is 0 Å². The van der Waals surface area contributed by atoms with E-state index in [0.717, 1.165) is 18.8 Å². The molecule has 1 nitrogen and oxygen atoms in total. The minimum atomic E-state index is 0.354. The van der Waals surface area contributed by atoms with Crippen molar-refractivity contribution in [3.8, 4) is 0 Å². The highest BCUT2D eigenvalue weighted by Gasteiger charge is 2.29. The molecule has 0 bridgehead atoms. The molecular weight excluding hydrogens is 160 g/mol. The summed E-state index contributed by atoms with van der Waals surface area (Å²) in [7, 11) is 0. The summed E-state index contributed by atoms with van der Waals surface area (Å²) in [4.78, 5) is 11.3. The molecule has 0 aromatic heterocycles. The first kappa shape index (κ1) is 10.7. The Morgan fingerprint density at radius 1 is 1.46 bits per heavy atom. The van der Waals surface area contributed by atoms with Crippen LogP contribution < -0.4 is 0 Å². The summed E-state index contributed by atoms with van der Waals surface area (Å²) in [5.74, 6) is 2.36. The molecule has 76 valence electrons. The smallest absolute Gasteiger partial charge is 0.135 e. The first-order valence-electron chi connectivity index (χ1n) is 5.64. The van der Waals surface area contributed by atoms with Gasteiger partial charge in [0, 0.05) is 12.3 Å². The Bertz CT molecular complexity index is 172. The minimum absolute atomic E-state index is 0.354. The third-order valence-electron chi connectivity index (χ3n) is 3.33. The van der Waals surface area contributed by atoms with E-state index < -0.39 is 0 Å². The van der Waals surface area contributed by atoms with Gasteiger partial charge in [0.2, 0.25) is 0 Å². The van der Waals surface area contributed by atoms with Gasteiger partial charge in [0.25, 0.3) is 0 Å². The molecule has 1 heteroatoms. The summed E-state index contributed by atoms with van der Waals surface area (Å²) >= 11 is 0. The highest BCUT2D eigenvalue weighted by atomic mass is 16.1. The molecule has 0 amide bonds. The average molecular weight is 182 g/mol. The Balaban J connectivity index is 2.19. The molecule has 2 unspecified atom stereocenters.